The Labute approximate surface area is 101 Å². The van der Waals surface area contributed by atoms with Crippen LogP contribution in [0.3, 0.4) is 0 Å². The average molecular weight is 279 g/mol. The third kappa shape index (κ3) is 5.63. The van der Waals surface area contributed by atoms with E-state index in [0.29, 0.717) is 0 Å². The van der Waals surface area contributed by atoms with E-state index in [4.69, 9.17) is 5.73 Å². The Morgan fingerprint density at radius 2 is 1.71 bits per heavy atom. The van der Waals surface area contributed by atoms with Crippen molar-refractivity contribution >= 4 is 28.3 Å². The first-order valence-electron chi connectivity index (χ1n) is 4.51. The summed E-state index contributed by atoms with van der Waals surface area (Å²) in [6.07, 6.45) is 2.07. The maximum absolute atomic E-state index is 5.90. The Balaban J connectivity index is 0.00000169. The van der Waals surface area contributed by atoms with Crippen LogP contribution in [0, 0.1) is 0 Å². The van der Waals surface area contributed by atoms with Crippen molar-refractivity contribution in [2.24, 2.45) is 5.73 Å². The summed E-state index contributed by atoms with van der Waals surface area (Å²) < 4.78 is 1.13. The van der Waals surface area contributed by atoms with Crippen molar-refractivity contribution < 1.29 is 0 Å². The van der Waals surface area contributed by atoms with Gasteiger partial charge in [0.05, 0.1) is 0 Å². The molecule has 1 nitrogen and oxygen atoms in total. The van der Waals surface area contributed by atoms with Gasteiger partial charge in [0.15, 0.2) is 0 Å². The van der Waals surface area contributed by atoms with Gasteiger partial charge in [-0.1, -0.05) is 28.1 Å². The highest BCUT2D eigenvalue weighted by atomic mass is 79.9. The lowest BCUT2D eigenvalue weighted by Crippen LogP contribution is -2.32. The van der Waals surface area contributed by atoms with E-state index in [9.17, 15) is 0 Å². The van der Waals surface area contributed by atoms with Gasteiger partial charge in [0.2, 0.25) is 0 Å². The number of halogens is 2. The largest absolute Gasteiger partial charge is 0.326 e. The maximum Gasteiger partial charge on any atom is 0.0175 e. The molecule has 0 radical (unpaired) electrons. The van der Waals surface area contributed by atoms with E-state index in [-0.39, 0.29) is 17.9 Å². The van der Waals surface area contributed by atoms with Crippen molar-refractivity contribution in [3.8, 4) is 0 Å². The maximum atomic E-state index is 5.90. The molecule has 14 heavy (non-hydrogen) atoms. The minimum absolute atomic E-state index is 0. The molecule has 0 spiro atoms. The molecular formula is C11H17BrClN. The molecule has 0 unspecified atom stereocenters. The lowest BCUT2D eigenvalue weighted by Gasteiger charge is -2.17. The molecule has 0 aliphatic carbocycles. The highest BCUT2D eigenvalue weighted by Gasteiger charge is 2.09. The van der Waals surface area contributed by atoms with Crippen molar-refractivity contribution in [3.05, 3.63) is 34.3 Å². The fourth-order valence-electron chi connectivity index (χ4n) is 1.12. The van der Waals surface area contributed by atoms with Crippen molar-refractivity contribution in [1.29, 1.82) is 0 Å². The van der Waals surface area contributed by atoms with E-state index < -0.39 is 0 Å². The molecule has 80 valence electrons. The zero-order chi connectivity index (χ0) is 9.90. The topological polar surface area (TPSA) is 26.0 Å². The van der Waals surface area contributed by atoms with Gasteiger partial charge in [0, 0.05) is 10.0 Å². The third-order valence-corrected chi connectivity index (χ3v) is 2.50. The van der Waals surface area contributed by atoms with Crippen LogP contribution in [-0.2, 0) is 6.42 Å². The molecule has 0 aromatic heterocycles. The Morgan fingerprint density at radius 3 is 2.14 bits per heavy atom. The number of nitrogens with two attached hydrogens (primary N) is 1. The van der Waals surface area contributed by atoms with Crippen LogP contribution >= 0.6 is 28.3 Å². The van der Waals surface area contributed by atoms with Crippen LogP contribution in [0.2, 0.25) is 0 Å². The first-order valence-corrected chi connectivity index (χ1v) is 5.30. The molecule has 2 N–H and O–H groups in total. The van der Waals surface area contributed by atoms with Crippen LogP contribution in [0.4, 0.5) is 0 Å². The summed E-state index contributed by atoms with van der Waals surface area (Å²) in [7, 11) is 0. The molecule has 0 heterocycles. The highest BCUT2D eigenvalue weighted by molar-refractivity contribution is 9.10. The number of rotatable bonds is 3. The number of aryl methyl sites for hydroxylation is 1. The fourth-order valence-corrected chi connectivity index (χ4v) is 1.38. The number of benzene rings is 1. The molecule has 0 aliphatic rings. The third-order valence-electron chi connectivity index (χ3n) is 1.97. The first-order chi connectivity index (χ1) is 5.97. The zero-order valence-corrected chi connectivity index (χ0v) is 11.0. The molecule has 0 aliphatic heterocycles. The van der Waals surface area contributed by atoms with Crippen LogP contribution < -0.4 is 5.73 Å². The van der Waals surface area contributed by atoms with Gasteiger partial charge in [0.1, 0.15) is 0 Å². The Bertz CT molecular complexity index is 264. The molecule has 1 aromatic carbocycles. The average Bonchev–Trinajstić information content (AvgIpc) is 2.02. The first kappa shape index (κ1) is 13.9. The van der Waals surface area contributed by atoms with E-state index in [0.717, 1.165) is 17.3 Å². The van der Waals surface area contributed by atoms with Crippen molar-refractivity contribution in [3.63, 3.8) is 0 Å². The van der Waals surface area contributed by atoms with Crippen LogP contribution in [0.1, 0.15) is 25.8 Å². The van der Waals surface area contributed by atoms with Gasteiger partial charge in [-0.2, -0.15) is 0 Å². The van der Waals surface area contributed by atoms with Gasteiger partial charge in [-0.25, -0.2) is 0 Å². The van der Waals surface area contributed by atoms with Gasteiger partial charge >= 0.3 is 0 Å². The summed E-state index contributed by atoms with van der Waals surface area (Å²) in [6, 6.07) is 8.41. The lowest BCUT2D eigenvalue weighted by molar-refractivity contribution is 0.477. The summed E-state index contributed by atoms with van der Waals surface area (Å²) in [4.78, 5) is 0. The predicted molar refractivity (Wildman–Crippen MR) is 68.0 cm³/mol. The van der Waals surface area contributed by atoms with Crippen molar-refractivity contribution in [2.45, 2.75) is 32.2 Å². The van der Waals surface area contributed by atoms with Gasteiger partial charge in [0.25, 0.3) is 0 Å². The number of hydrogen-bond acceptors (Lipinski definition) is 1. The van der Waals surface area contributed by atoms with Gasteiger partial charge in [-0.15, -0.1) is 12.4 Å². The van der Waals surface area contributed by atoms with E-state index in [1.807, 2.05) is 0 Å². The second kappa shape index (κ2) is 5.74. The van der Waals surface area contributed by atoms with Crippen molar-refractivity contribution in [2.75, 3.05) is 0 Å². The summed E-state index contributed by atoms with van der Waals surface area (Å²) in [5.74, 6) is 0. The second-order valence-electron chi connectivity index (χ2n) is 4.12. The summed E-state index contributed by atoms with van der Waals surface area (Å²) in [5, 5.41) is 0. The molecule has 0 bridgehead atoms. The summed E-state index contributed by atoms with van der Waals surface area (Å²) in [5.41, 5.74) is 7.19. The van der Waals surface area contributed by atoms with Crippen LogP contribution in [0.15, 0.2) is 28.7 Å². The van der Waals surface area contributed by atoms with Crippen molar-refractivity contribution in [1.82, 2.24) is 0 Å². The van der Waals surface area contributed by atoms with E-state index in [2.05, 4.69) is 54.0 Å². The van der Waals surface area contributed by atoms with E-state index in [1.165, 1.54) is 5.56 Å². The van der Waals surface area contributed by atoms with E-state index in [1.54, 1.807) is 0 Å². The van der Waals surface area contributed by atoms with Gasteiger partial charge < -0.3 is 5.73 Å². The Kier molecular flexibility index (Phi) is 5.72. The summed E-state index contributed by atoms with van der Waals surface area (Å²) in [6.45, 7) is 4.12. The van der Waals surface area contributed by atoms with Crippen LogP contribution in [0.25, 0.3) is 0 Å². The van der Waals surface area contributed by atoms with Gasteiger partial charge in [-0.3, -0.25) is 0 Å². The SMILES string of the molecule is CC(C)(N)CCc1ccc(Br)cc1.Cl. The normalized spacial score (nSPS) is 10.9. The predicted octanol–water partition coefficient (Wildman–Crippen LogP) is 3.54. The molecule has 0 amide bonds. The molecule has 1 rings (SSSR count). The number of hydrogen-bond donors (Lipinski definition) is 1. The zero-order valence-electron chi connectivity index (χ0n) is 8.59. The second-order valence-corrected chi connectivity index (χ2v) is 5.03. The Morgan fingerprint density at radius 1 is 1.21 bits per heavy atom. The lowest BCUT2D eigenvalue weighted by atomic mass is 9.97. The monoisotopic (exact) mass is 277 g/mol. The van der Waals surface area contributed by atoms with Crippen LogP contribution in [0.5, 0.6) is 0 Å². The minimum atomic E-state index is -0.0624. The Hall–Kier alpha value is -0.0500. The van der Waals surface area contributed by atoms with Crippen LogP contribution in [-0.4, -0.2) is 5.54 Å². The molecular weight excluding hydrogens is 261 g/mol. The summed E-state index contributed by atoms with van der Waals surface area (Å²) >= 11 is 3.41. The molecule has 1 aromatic rings. The molecule has 0 fully saturated rings. The highest BCUT2D eigenvalue weighted by Crippen LogP contribution is 2.14. The molecule has 0 saturated carbocycles. The smallest absolute Gasteiger partial charge is 0.0175 e. The minimum Gasteiger partial charge on any atom is -0.326 e. The molecule has 0 atom stereocenters. The van der Waals surface area contributed by atoms with E-state index >= 15 is 0 Å². The molecule has 3 heteroatoms. The quantitative estimate of drug-likeness (QED) is 0.899. The molecule has 0 saturated heterocycles. The van der Waals surface area contributed by atoms with Gasteiger partial charge in [-0.05, 0) is 44.4 Å². The fraction of sp³-hybridized carbons (Fsp3) is 0.455. The standard InChI is InChI=1S/C11H16BrN.ClH/c1-11(2,13)8-7-9-3-5-10(12)6-4-9;/h3-6H,7-8,13H2,1-2H3;1H.